The zero-order valence-electron chi connectivity index (χ0n) is 9.45. The van der Waals surface area contributed by atoms with E-state index in [0.29, 0.717) is 0 Å². The van der Waals surface area contributed by atoms with Crippen molar-refractivity contribution in [2.24, 2.45) is 5.92 Å². The average molecular weight is 246 g/mol. The second-order valence-electron chi connectivity index (χ2n) is 4.01. The Kier molecular flexibility index (Phi) is 3.93. The standard InChI is InChI=1S/C12H13F3O2/c1-7-3-5-9(6-4-7)10(16)8(2)11(17)12(13,14)15/h3-6,8,11,17H,1-2H3/t8-,11+/m0/s1. The Hall–Kier alpha value is -1.36. The first kappa shape index (κ1) is 13.7. The van der Waals surface area contributed by atoms with Gasteiger partial charge in [0.15, 0.2) is 11.9 Å². The van der Waals surface area contributed by atoms with Gasteiger partial charge in [0.25, 0.3) is 0 Å². The van der Waals surface area contributed by atoms with E-state index in [2.05, 4.69) is 0 Å². The fourth-order valence-electron chi connectivity index (χ4n) is 1.41. The molecule has 0 saturated heterocycles. The highest BCUT2D eigenvalue weighted by atomic mass is 19.4. The third-order valence-electron chi connectivity index (χ3n) is 2.56. The van der Waals surface area contributed by atoms with Crippen LogP contribution in [0.4, 0.5) is 13.2 Å². The average Bonchev–Trinajstić information content (AvgIpc) is 2.26. The number of rotatable bonds is 3. The summed E-state index contributed by atoms with van der Waals surface area (Å²) in [4.78, 5) is 11.7. The molecule has 2 atom stereocenters. The second-order valence-corrected chi connectivity index (χ2v) is 4.01. The number of ketones is 1. The van der Waals surface area contributed by atoms with E-state index in [-0.39, 0.29) is 5.56 Å². The van der Waals surface area contributed by atoms with Crippen LogP contribution >= 0.6 is 0 Å². The van der Waals surface area contributed by atoms with Gasteiger partial charge in [-0.1, -0.05) is 36.8 Å². The number of aliphatic hydroxyl groups excluding tert-OH is 1. The van der Waals surface area contributed by atoms with Crippen molar-refractivity contribution in [3.8, 4) is 0 Å². The molecular weight excluding hydrogens is 233 g/mol. The zero-order chi connectivity index (χ0) is 13.2. The molecule has 1 rings (SSSR count). The topological polar surface area (TPSA) is 37.3 Å². The number of aryl methyl sites for hydroxylation is 1. The van der Waals surface area contributed by atoms with Gasteiger partial charge in [-0.05, 0) is 6.92 Å². The maximum absolute atomic E-state index is 12.2. The molecule has 0 unspecified atom stereocenters. The number of alkyl halides is 3. The molecule has 5 heteroatoms. The summed E-state index contributed by atoms with van der Waals surface area (Å²) in [6, 6.07) is 6.19. The van der Waals surface area contributed by atoms with E-state index in [0.717, 1.165) is 12.5 Å². The van der Waals surface area contributed by atoms with Crippen molar-refractivity contribution >= 4 is 5.78 Å². The van der Waals surface area contributed by atoms with Crippen molar-refractivity contribution in [2.75, 3.05) is 0 Å². The van der Waals surface area contributed by atoms with Crippen LogP contribution in [0.1, 0.15) is 22.8 Å². The fourth-order valence-corrected chi connectivity index (χ4v) is 1.41. The Labute approximate surface area is 97.1 Å². The molecule has 1 aromatic rings. The monoisotopic (exact) mass is 246 g/mol. The fraction of sp³-hybridized carbons (Fsp3) is 0.417. The Balaban J connectivity index is 2.87. The highest BCUT2D eigenvalue weighted by molar-refractivity contribution is 5.98. The lowest BCUT2D eigenvalue weighted by Crippen LogP contribution is -2.38. The van der Waals surface area contributed by atoms with Gasteiger partial charge in [-0.15, -0.1) is 0 Å². The minimum Gasteiger partial charge on any atom is -0.383 e. The molecule has 1 aromatic carbocycles. The van der Waals surface area contributed by atoms with Gasteiger partial charge in [-0.2, -0.15) is 13.2 Å². The van der Waals surface area contributed by atoms with E-state index in [9.17, 15) is 18.0 Å². The second kappa shape index (κ2) is 4.87. The normalized spacial score (nSPS) is 15.4. The molecule has 1 N–H and O–H groups in total. The lowest BCUT2D eigenvalue weighted by Gasteiger charge is -2.20. The summed E-state index contributed by atoms with van der Waals surface area (Å²) < 4.78 is 36.7. The van der Waals surface area contributed by atoms with Crippen molar-refractivity contribution in [3.05, 3.63) is 35.4 Å². The Bertz CT molecular complexity index is 395. The molecule has 0 heterocycles. The van der Waals surface area contributed by atoms with Gasteiger partial charge < -0.3 is 5.11 Å². The summed E-state index contributed by atoms with van der Waals surface area (Å²) >= 11 is 0. The van der Waals surface area contributed by atoms with E-state index < -0.39 is 24.0 Å². The third-order valence-corrected chi connectivity index (χ3v) is 2.56. The van der Waals surface area contributed by atoms with Crippen molar-refractivity contribution in [1.82, 2.24) is 0 Å². The van der Waals surface area contributed by atoms with Gasteiger partial charge in [-0.25, -0.2) is 0 Å². The van der Waals surface area contributed by atoms with Crippen molar-refractivity contribution < 1.29 is 23.1 Å². The van der Waals surface area contributed by atoms with Crippen LogP contribution in [-0.4, -0.2) is 23.2 Å². The van der Waals surface area contributed by atoms with E-state index in [1.54, 1.807) is 12.1 Å². The number of aliphatic hydroxyl groups is 1. The molecule has 0 saturated carbocycles. The summed E-state index contributed by atoms with van der Waals surface area (Å²) in [6.45, 7) is 2.88. The molecule has 0 spiro atoms. The summed E-state index contributed by atoms with van der Waals surface area (Å²) in [6.07, 6.45) is -7.41. The molecule has 0 aliphatic carbocycles. The van der Waals surface area contributed by atoms with Crippen LogP contribution in [0.25, 0.3) is 0 Å². The molecule has 2 nitrogen and oxygen atoms in total. The lowest BCUT2D eigenvalue weighted by molar-refractivity contribution is -0.212. The number of hydrogen-bond donors (Lipinski definition) is 1. The van der Waals surface area contributed by atoms with Gasteiger partial charge >= 0.3 is 6.18 Å². The van der Waals surface area contributed by atoms with Gasteiger partial charge in [0.2, 0.25) is 0 Å². The Morgan fingerprint density at radius 2 is 1.71 bits per heavy atom. The molecule has 94 valence electrons. The molecule has 0 radical (unpaired) electrons. The minimum atomic E-state index is -4.78. The number of Topliss-reactive ketones (excluding diaryl/α,β-unsaturated/α-hetero) is 1. The largest absolute Gasteiger partial charge is 0.415 e. The smallest absolute Gasteiger partial charge is 0.383 e. The predicted octanol–water partition coefficient (Wildman–Crippen LogP) is 2.74. The number of benzene rings is 1. The maximum Gasteiger partial charge on any atom is 0.415 e. The molecule has 0 fully saturated rings. The van der Waals surface area contributed by atoms with Crippen LogP contribution in [0.5, 0.6) is 0 Å². The molecule has 0 bridgehead atoms. The molecular formula is C12H13F3O2. The first-order valence-corrected chi connectivity index (χ1v) is 5.09. The third kappa shape index (κ3) is 3.30. The van der Waals surface area contributed by atoms with Crippen LogP contribution in [0.3, 0.4) is 0 Å². The molecule has 0 aromatic heterocycles. The van der Waals surface area contributed by atoms with Crippen LogP contribution in [0, 0.1) is 12.8 Å². The first-order valence-electron chi connectivity index (χ1n) is 5.09. The Morgan fingerprint density at radius 1 is 1.24 bits per heavy atom. The van der Waals surface area contributed by atoms with Crippen molar-refractivity contribution in [1.29, 1.82) is 0 Å². The molecule has 17 heavy (non-hydrogen) atoms. The van der Waals surface area contributed by atoms with Crippen LogP contribution in [0.15, 0.2) is 24.3 Å². The molecule has 0 aliphatic rings. The predicted molar refractivity (Wildman–Crippen MR) is 56.7 cm³/mol. The van der Waals surface area contributed by atoms with E-state index in [1.807, 2.05) is 6.92 Å². The van der Waals surface area contributed by atoms with Crippen LogP contribution < -0.4 is 0 Å². The zero-order valence-corrected chi connectivity index (χ0v) is 9.45. The quantitative estimate of drug-likeness (QED) is 0.832. The summed E-state index contributed by atoms with van der Waals surface area (Å²) in [5.41, 5.74) is 1.08. The van der Waals surface area contributed by atoms with Gasteiger partial charge in [0.05, 0.1) is 5.92 Å². The van der Waals surface area contributed by atoms with E-state index in [4.69, 9.17) is 5.11 Å². The Morgan fingerprint density at radius 3 is 2.12 bits per heavy atom. The van der Waals surface area contributed by atoms with Crippen LogP contribution in [0.2, 0.25) is 0 Å². The SMILES string of the molecule is Cc1ccc(C(=O)[C@H](C)[C@@H](O)C(F)(F)F)cc1. The number of halogens is 3. The van der Waals surface area contributed by atoms with Crippen molar-refractivity contribution in [2.45, 2.75) is 26.1 Å². The van der Waals surface area contributed by atoms with E-state index in [1.165, 1.54) is 12.1 Å². The van der Waals surface area contributed by atoms with Crippen LogP contribution in [-0.2, 0) is 0 Å². The highest BCUT2D eigenvalue weighted by Gasteiger charge is 2.44. The molecule has 0 amide bonds. The van der Waals surface area contributed by atoms with E-state index >= 15 is 0 Å². The highest BCUT2D eigenvalue weighted by Crippen LogP contribution is 2.27. The molecule has 0 aliphatic heterocycles. The van der Waals surface area contributed by atoms with Gasteiger partial charge in [0, 0.05) is 5.56 Å². The summed E-state index contributed by atoms with van der Waals surface area (Å²) in [5.74, 6) is -2.22. The summed E-state index contributed by atoms with van der Waals surface area (Å²) in [7, 11) is 0. The lowest BCUT2D eigenvalue weighted by atomic mass is 9.93. The minimum absolute atomic E-state index is 0.173. The van der Waals surface area contributed by atoms with Gasteiger partial charge in [0.1, 0.15) is 0 Å². The van der Waals surface area contributed by atoms with Gasteiger partial charge in [-0.3, -0.25) is 4.79 Å². The summed E-state index contributed by atoms with van der Waals surface area (Å²) in [5, 5.41) is 8.99. The first-order chi connectivity index (χ1) is 7.73. The van der Waals surface area contributed by atoms with Crippen molar-refractivity contribution in [3.63, 3.8) is 0 Å². The number of carbonyl (C=O) groups is 1. The number of hydrogen-bond acceptors (Lipinski definition) is 2. The maximum atomic E-state index is 12.2. The number of carbonyl (C=O) groups excluding carboxylic acids is 1.